The van der Waals surface area contributed by atoms with Gasteiger partial charge in [0.25, 0.3) is 11.8 Å². The van der Waals surface area contributed by atoms with Gasteiger partial charge in [-0.25, -0.2) is 4.79 Å². The lowest BCUT2D eigenvalue weighted by Crippen LogP contribution is -3.16. The molecule has 3 aliphatic rings. The SMILES string of the molecule is O=C([C@H]1COc2ccccc2O1)N1CC[NH+](CC(=O)N2CCNC2=O)CC1. The number of hydrogen-bond donors (Lipinski definition) is 2. The Bertz CT molecular complexity index is 747. The number of amides is 4. The maximum absolute atomic E-state index is 12.7. The van der Waals surface area contributed by atoms with E-state index in [9.17, 15) is 14.4 Å². The van der Waals surface area contributed by atoms with Crippen LogP contribution < -0.4 is 19.7 Å². The summed E-state index contributed by atoms with van der Waals surface area (Å²) in [5.41, 5.74) is 0. The van der Waals surface area contributed by atoms with E-state index in [0.29, 0.717) is 50.8 Å². The van der Waals surface area contributed by atoms with Crippen LogP contribution in [0.3, 0.4) is 0 Å². The predicted molar refractivity (Wildman–Crippen MR) is 93.6 cm³/mol. The van der Waals surface area contributed by atoms with E-state index in [4.69, 9.17) is 9.47 Å². The first kappa shape index (κ1) is 17.6. The Morgan fingerprint density at radius 1 is 1.15 bits per heavy atom. The van der Waals surface area contributed by atoms with Gasteiger partial charge in [0.05, 0.1) is 26.2 Å². The van der Waals surface area contributed by atoms with Crippen molar-refractivity contribution in [2.24, 2.45) is 0 Å². The van der Waals surface area contributed by atoms with E-state index in [-0.39, 0.29) is 31.0 Å². The monoisotopic (exact) mass is 375 g/mol. The molecule has 27 heavy (non-hydrogen) atoms. The van der Waals surface area contributed by atoms with Crippen LogP contribution >= 0.6 is 0 Å². The summed E-state index contributed by atoms with van der Waals surface area (Å²) in [6, 6.07) is 6.99. The molecule has 0 saturated carbocycles. The molecular formula is C18H23N4O5+. The van der Waals surface area contributed by atoms with Gasteiger partial charge in [0, 0.05) is 13.1 Å². The summed E-state index contributed by atoms with van der Waals surface area (Å²) >= 11 is 0. The molecule has 2 fully saturated rings. The second-order valence-corrected chi connectivity index (χ2v) is 6.89. The van der Waals surface area contributed by atoms with Crippen molar-refractivity contribution < 1.29 is 28.8 Å². The maximum Gasteiger partial charge on any atom is 0.324 e. The van der Waals surface area contributed by atoms with Gasteiger partial charge in [-0.05, 0) is 12.1 Å². The number of carbonyl (C=O) groups is 3. The Balaban J connectivity index is 1.27. The van der Waals surface area contributed by atoms with E-state index in [1.165, 1.54) is 4.90 Å². The van der Waals surface area contributed by atoms with Gasteiger partial charge in [-0.3, -0.25) is 14.5 Å². The van der Waals surface area contributed by atoms with E-state index in [2.05, 4.69) is 5.32 Å². The number of fused-ring (bicyclic) bond motifs is 1. The second-order valence-electron chi connectivity index (χ2n) is 6.89. The summed E-state index contributed by atoms with van der Waals surface area (Å²) in [6.07, 6.45) is -0.642. The van der Waals surface area contributed by atoms with E-state index in [1.54, 1.807) is 11.0 Å². The number of quaternary nitrogens is 1. The number of urea groups is 1. The van der Waals surface area contributed by atoms with Crippen LogP contribution in [0, 0.1) is 0 Å². The fourth-order valence-electron chi connectivity index (χ4n) is 3.58. The smallest absolute Gasteiger partial charge is 0.324 e. The molecule has 1 aromatic rings. The summed E-state index contributed by atoms with van der Waals surface area (Å²) in [7, 11) is 0. The van der Waals surface area contributed by atoms with E-state index >= 15 is 0 Å². The average Bonchev–Trinajstić information content (AvgIpc) is 3.14. The molecule has 0 aromatic heterocycles. The van der Waals surface area contributed by atoms with E-state index in [1.807, 2.05) is 18.2 Å². The van der Waals surface area contributed by atoms with Crippen molar-refractivity contribution in [3.05, 3.63) is 24.3 Å². The molecule has 1 aromatic carbocycles. The van der Waals surface area contributed by atoms with Crippen LogP contribution in [0.25, 0.3) is 0 Å². The molecule has 144 valence electrons. The van der Waals surface area contributed by atoms with Gasteiger partial charge in [0.2, 0.25) is 6.10 Å². The third-order valence-corrected chi connectivity index (χ3v) is 5.13. The lowest BCUT2D eigenvalue weighted by atomic mass is 10.2. The van der Waals surface area contributed by atoms with E-state index in [0.717, 1.165) is 4.90 Å². The number of piperazine rings is 1. The van der Waals surface area contributed by atoms with Crippen molar-refractivity contribution in [1.82, 2.24) is 15.1 Å². The van der Waals surface area contributed by atoms with Crippen molar-refractivity contribution in [2.75, 3.05) is 52.4 Å². The largest absolute Gasteiger partial charge is 0.485 e. The number of nitrogens with one attached hydrogen (secondary N) is 2. The molecule has 3 aliphatic heterocycles. The minimum absolute atomic E-state index is 0.0891. The number of nitrogens with zero attached hydrogens (tertiary/aromatic N) is 2. The molecule has 0 unspecified atom stereocenters. The Morgan fingerprint density at radius 3 is 2.59 bits per heavy atom. The molecule has 0 aliphatic carbocycles. The molecule has 9 nitrogen and oxygen atoms in total. The molecule has 4 rings (SSSR count). The molecule has 0 bridgehead atoms. The summed E-state index contributed by atoms with van der Waals surface area (Å²) in [4.78, 5) is 40.6. The molecule has 4 amide bonds. The zero-order chi connectivity index (χ0) is 18.8. The van der Waals surface area contributed by atoms with Crippen molar-refractivity contribution >= 4 is 17.8 Å². The number of benzene rings is 1. The van der Waals surface area contributed by atoms with Gasteiger partial charge in [0.1, 0.15) is 6.61 Å². The number of para-hydroxylation sites is 2. The lowest BCUT2D eigenvalue weighted by molar-refractivity contribution is -0.896. The standard InChI is InChI=1S/C18H22N4O5/c23-16(22-6-5-19-18(22)25)11-20-7-9-21(10-8-20)17(24)15-12-26-13-3-1-2-4-14(13)27-15/h1-4,15H,5-12H2,(H,19,25)/p+1/t15-/m1/s1. The highest BCUT2D eigenvalue weighted by molar-refractivity contribution is 5.96. The molecule has 9 heteroatoms. The van der Waals surface area contributed by atoms with Crippen LogP contribution in [0.2, 0.25) is 0 Å². The van der Waals surface area contributed by atoms with Crippen LogP contribution in [0.4, 0.5) is 4.79 Å². The average molecular weight is 375 g/mol. The Hall–Kier alpha value is -2.81. The minimum atomic E-state index is -0.642. The number of imide groups is 1. The molecule has 2 N–H and O–H groups in total. The van der Waals surface area contributed by atoms with Gasteiger partial charge < -0.3 is 24.6 Å². The summed E-state index contributed by atoms with van der Waals surface area (Å²) in [6.45, 7) is 3.83. The zero-order valence-corrected chi connectivity index (χ0v) is 15.0. The summed E-state index contributed by atoms with van der Waals surface area (Å²) < 4.78 is 11.4. The molecule has 2 saturated heterocycles. The normalized spacial score (nSPS) is 22.5. The Kier molecular flexibility index (Phi) is 4.85. The number of ether oxygens (including phenoxy) is 2. The molecule has 0 spiro atoms. The van der Waals surface area contributed by atoms with Crippen LogP contribution in [-0.2, 0) is 9.59 Å². The van der Waals surface area contributed by atoms with Crippen molar-refractivity contribution in [2.45, 2.75) is 6.10 Å². The predicted octanol–water partition coefficient (Wildman–Crippen LogP) is -1.89. The zero-order valence-electron chi connectivity index (χ0n) is 15.0. The topological polar surface area (TPSA) is 92.6 Å². The second kappa shape index (κ2) is 7.43. The number of hydrogen-bond acceptors (Lipinski definition) is 5. The third-order valence-electron chi connectivity index (χ3n) is 5.13. The fourth-order valence-corrected chi connectivity index (χ4v) is 3.58. The van der Waals surface area contributed by atoms with E-state index < -0.39 is 6.10 Å². The fraction of sp³-hybridized carbons (Fsp3) is 0.500. The molecule has 0 radical (unpaired) electrons. The molecule has 1 atom stereocenters. The first-order chi connectivity index (χ1) is 13.1. The molecular weight excluding hydrogens is 352 g/mol. The summed E-state index contributed by atoms with van der Waals surface area (Å²) in [5, 5.41) is 2.63. The summed E-state index contributed by atoms with van der Waals surface area (Å²) in [5.74, 6) is 0.982. The Labute approximate surface area is 156 Å². The van der Waals surface area contributed by atoms with Crippen molar-refractivity contribution in [1.29, 1.82) is 0 Å². The van der Waals surface area contributed by atoms with Crippen LogP contribution in [-0.4, -0.2) is 86.2 Å². The van der Waals surface area contributed by atoms with Gasteiger partial charge in [0.15, 0.2) is 18.0 Å². The van der Waals surface area contributed by atoms with Crippen LogP contribution in [0.5, 0.6) is 11.5 Å². The quantitative estimate of drug-likeness (QED) is 0.644. The highest BCUT2D eigenvalue weighted by Gasteiger charge is 2.35. The first-order valence-corrected chi connectivity index (χ1v) is 9.21. The molecule has 3 heterocycles. The first-order valence-electron chi connectivity index (χ1n) is 9.21. The van der Waals surface area contributed by atoms with Crippen molar-refractivity contribution in [3.8, 4) is 11.5 Å². The highest BCUT2D eigenvalue weighted by Crippen LogP contribution is 2.31. The highest BCUT2D eigenvalue weighted by atomic mass is 16.6. The minimum Gasteiger partial charge on any atom is -0.485 e. The lowest BCUT2D eigenvalue weighted by Gasteiger charge is -2.35. The maximum atomic E-state index is 12.7. The van der Waals surface area contributed by atoms with Gasteiger partial charge in [-0.1, -0.05) is 12.1 Å². The number of carbonyl (C=O) groups excluding carboxylic acids is 3. The Morgan fingerprint density at radius 2 is 1.89 bits per heavy atom. The van der Waals surface area contributed by atoms with Crippen LogP contribution in [0.1, 0.15) is 0 Å². The number of rotatable bonds is 3. The third kappa shape index (κ3) is 3.68. The van der Waals surface area contributed by atoms with Gasteiger partial charge >= 0.3 is 6.03 Å². The van der Waals surface area contributed by atoms with Crippen molar-refractivity contribution in [3.63, 3.8) is 0 Å². The van der Waals surface area contributed by atoms with Gasteiger partial charge in [-0.2, -0.15) is 0 Å². The van der Waals surface area contributed by atoms with Crippen LogP contribution in [0.15, 0.2) is 24.3 Å². The van der Waals surface area contributed by atoms with Gasteiger partial charge in [-0.15, -0.1) is 0 Å².